The topological polar surface area (TPSA) is 49.2 Å². The average Bonchev–Trinajstić information content (AvgIpc) is 2.23. The number of aromatic nitrogens is 2. The van der Waals surface area contributed by atoms with Gasteiger partial charge in [-0.25, -0.2) is 0 Å². The fraction of sp³-hybridized carbons (Fsp3) is 0.600. The van der Waals surface area contributed by atoms with Crippen molar-refractivity contribution in [3.63, 3.8) is 0 Å². The van der Waals surface area contributed by atoms with Gasteiger partial charge in [-0.2, -0.15) is 5.10 Å². The van der Waals surface area contributed by atoms with E-state index in [0.717, 1.165) is 18.8 Å². The van der Waals surface area contributed by atoms with Crippen LogP contribution in [0.15, 0.2) is 18.3 Å². The Balaban J connectivity index is 2.07. The maximum atomic E-state index is 9.72. The molecule has 14 heavy (non-hydrogen) atoms. The van der Waals surface area contributed by atoms with E-state index in [1.165, 1.54) is 0 Å². The van der Waals surface area contributed by atoms with Crippen LogP contribution in [-0.2, 0) is 0 Å². The lowest BCUT2D eigenvalue weighted by Gasteiger charge is -2.34. The first kappa shape index (κ1) is 9.40. The van der Waals surface area contributed by atoms with Crippen LogP contribution >= 0.6 is 0 Å². The Kier molecular flexibility index (Phi) is 2.63. The maximum absolute atomic E-state index is 9.72. The van der Waals surface area contributed by atoms with Gasteiger partial charge in [0.25, 0.3) is 0 Å². The van der Waals surface area contributed by atoms with Crippen molar-refractivity contribution in [2.24, 2.45) is 5.92 Å². The van der Waals surface area contributed by atoms with Gasteiger partial charge in [-0.05, 0) is 24.5 Å². The Labute approximate surface area is 83.6 Å². The first-order valence-electron chi connectivity index (χ1n) is 4.98. The minimum atomic E-state index is -0.245. The molecule has 1 fully saturated rings. The highest BCUT2D eigenvalue weighted by Crippen LogP contribution is 2.20. The van der Waals surface area contributed by atoms with Crippen LogP contribution in [0.5, 0.6) is 0 Å². The Morgan fingerprint density at radius 1 is 1.57 bits per heavy atom. The van der Waals surface area contributed by atoms with E-state index in [9.17, 15) is 5.11 Å². The molecule has 1 aromatic rings. The molecule has 1 aliphatic rings. The first-order chi connectivity index (χ1) is 6.77. The molecule has 76 valence electrons. The van der Waals surface area contributed by atoms with Crippen molar-refractivity contribution in [3.8, 4) is 0 Å². The number of aliphatic hydroxyl groups is 1. The second-order valence-corrected chi connectivity index (χ2v) is 3.86. The number of hydrogen-bond donors (Lipinski definition) is 1. The average molecular weight is 193 g/mol. The maximum Gasteiger partial charge on any atom is 0.151 e. The highest BCUT2D eigenvalue weighted by molar-refractivity contribution is 5.37. The number of anilines is 1. The molecule has 0 aromatic carbocycles. The molecule has 0 spiro atoms. The fourth-order valence-electron chi connectivity index (χ4n) is 1.72. The molecule has 1 saturated heterocycles. The molecule has 2 rings (SSSR count). The molecule has 0 saturated carbocycles. The lowest BCUT2D eigenvalue weighted by atomic mass is 9.96. The summed E-state index contributed by atoms with van der Waals surface area (Å²) in [5, 5.41) is 17.6. The van der Waals surface area contributed by atoms with E-state index in [0.29, 0.717) is 12.5 Å². The molecular weight excluding hydrogens is 178 g/mol. The van der Waals surface area contributed by atoms with Gasteiger partial charge in [-0.1, -0.05) is 6.92 Å². The summed E-state index contributed by atoms with van der Waals surface area (Å²) in [5.74, 6) is 1.25. The number of aliphatic hydroxyl groups excluding tert-OH is 1. The summed E-state index contributed by atoms with van der Waals surface area (Å²) in [6, 6.07) is 3.79. The molecule has 1 aliphatic heterocycles. The molecule has 2 unspecified atom stereocenters. The zero-order chi connectivity index (χ0) is 9.97. The zero-order valence-electron chi connectivity index (χ0n) is 8.30. The predicted molar refractivity (Wildman–Crippen MR) is 54.0 cm³/mol. The van der Waals surface area contributed by atoms with E-state index < -0.39 is 0 Å². The molecule has 1 aromatic heterocycles. The van der Waals surface area contributed by atoms with Crippen LogP contribution in [-0.4, -0.2) is 34.5 Å². The van der Waals surface area contributed by atoms with Crippen LogP contribution in [0.1, 0.15) is 13.3 Å². The quantitative estimate of drug-likeness (QED) is 0.712. The number of β-amino-alcohol motifs (C(OH)–C–C–N with tert-alkyl or cyclic N) is 1. The van der Waals surface area contributed by atoms with Crippen molar-refractivity contribution in [2.75, 3.05) is 18.0 Å². The van der Waals surface area contributed by atoms with Gasteiger partial charge >= 0.3 is 0 Å². The second-order valence-electron chi connectivity index (χ2n) is 3.86. The minimum Gasteiger partial charge on any atom is -0.391 e. The number of rotatable bonds is 1. The van der Waals surface area contributed by atoms with E-state index in [1.807, 2.05) is 12.1 Å². The standard InChI is InChI=1S/C10H15N3O/c1-8-4-6-13(7-9(8)14)10-3-2-5-11-12-10/h2-3,5,8-9,14H,4,6-7H2,1H3. The molecule has 4 heteroatoms. The summed E-state index contributed by atoms with van der Waals surface area (Å²) < 4.78 is 0. The normalized spacial score (nSPS) is 27.7. The third-order valence-electron chi connectivity index (χ3n) is 2.80. The van der Waals surface area contributed by atoms with E-state index in [4.69, 9.17) is 0 Å². The highest BCUT2D eigenvalue weighted by Gasteiger charge is 2.24. The molecule has 0 radical (unpaired) electrons. The molecule has 0 aliphatic carbocycles. The molecule has 1 N–H and O–H groups in total. The lowest BCUT2D eigenvalue weighted by molar-refractivity contribution is 0.102. The smallest absolute Gasteiger partial charge is 0.151 e. The Bertz CT molecular complexity index is 291. The summed E-state index contributed by atoms with van der Waals surface area (Å²) in [6.07, 6.45) is 2.43. The lowest BCUT2D eigenvalue weighted by Crippen LogP contribution is -2.43. The summed E-state index contributed by atoms with van der Waals surface area (Å²) in [5.41, 5.74) is 0. The van der Waals surface area contributed by atoms with E-state index in [2.05, 4.69) is 22.0 Å². The second kappa shape index (κ2) is 3.92. The third-order valence-corrected chi connectivity index (χ3v) is 2.80. The van der Waals surface area contributed by atoms with Crippen molar-refractivity contribution in [1.82, 2.24) is 10.2 Å². The molecule has 2 heterocycles. The van der Waals surface area contributed by atoms with E-state index in [1.54, 1.807) is 6.20 Å². The molecular formula is C10H15N3O. The number of nitrogens with zero attached hydrogens (tertiary/aromatic N) is 3. The fourth-order valence-corrected chi connectivity index (χ4v) is 1.72. The van der Waals surface area contributed by atoms with E-state index >= 15 is 0 Å². The van der Waals surface area contributed by atoms with Crippen LogP contribution in [0.25, 0.3) is 0 Å². The molecule has 4 nitrogen and oxygen atoms in total. The minimum absolute atomic E-state index is 0.245. The number of hydrogen-bond acceptors (Lipinski definition) is 4. The molecule has 0 bridgehead atoms. The summed E-state index contributed by atoms with van der Waals surface area (Å²) in [6.45, 7) is 3.70. The molecule has 2 atom stereocenters. The first-order valence-corrected chi connectivity index (χ1v) is 4.98. The summed E-state index contributed by atoms with van der Waals surface area (Å²) in [4.78, 5) is 2.08. The van der Waals surface area contributed by atoms with Crippen LogP contribution in [0.4, 0.5) is 5.82 Å². The monoisotopic (exact) mass is 193 g/mol. The Morgan fingerprint density at radius 2 is 2.43 bits per heavy atom. The van der Waals surface area contributed by atoms with Gasteiger partial charge < -0.3 is 10.0 Å². The Morgan fingerprint density at radius 3 is 3.07 bits per heavy atom. The zero-order valence-corrected chi connectivity index (χ0v) is 8.30. The predicted octanol–water partition coefficient (Wildman–Crippen LogP) is 0.684. The Hall–Kier alpha value is -1.16. The van der Waals surface area contributed by atoms with Gasteiger partial charge in [0.2, 0.25) is 0 Å². The van der Waals surface area contributed by atoms with Crippen LogP contribution < -0.4 is 4.90 Å². The molecule has 0 amide bonds. The summed E-state index contributed by atoms with van der Waals surface area (Å²) >= 11 is 0. The SMILES string of the molecule is CC1CCN(c2cccnn2)CC1O. The largest absolute Gasteiger partial charge is 0.391 e. The van der Waals surface area contributed by atoms with Gasteiger partial charge in [-0.3, -0.25) is 0 Å². The third kappa shape index (κ3) is 1.85. The van der Waals surface area contributed by atoms with Crippen molar-refractivity contribution < 1.29 is 5.11 Å². The van der Waals surface area contributed by atoms with Gasteiger partial charge in [0.15, 0.2) is 5.82 Å². The van der Waals surface area contributed by atoms with Gasteiger partial charge in [0.1, 0.15) is 0 Å². The van der Waals surface area contributed by atoms with Crippen molar-refractivity contribution in [1.29, 1.82) is 0 Å². The van der Waals surface area contributed by atoms with E-state index in [-0.39, 0.29) is 6.10 Å². The van der Waals surface area contributed by atoms with Crippen molar-refractivity contribution in [3.05, 3.63) is 18.3 Å². The van der Waals surface area contributed by atoms with Crippen molar-refractivity contribution in [2.45, 2.75) is 19.4 Å². The van der Waals surface area contributed by atoms with Gasteiger partial charge in [0.05, 0.1) is 6.10 Å². The van der Waals surface area contributed by atoms with Gasteiger partial charge in [-0.15, -0.1) is 5.10 Å². The van der Waals surface area contributed by atoms with Crippen molar-refractivity contribution >= 4 is 5.82 Å². The highest BCUT2D eigenvalue weighted by atomic mass is 16.3. The van der Waals surface area contributed by atoms with Crippen LogP contribution in [0, 0.1) is 5.92 Å². The van der Waals surface area contributed by atoms with Crippen LogP contribution in [0.3, 0.4) is 0 Å². The van der Waals surface area contributed by atoms with Crippen LogP contribution in [0.2, 0.25) is 0 Å². The summed E-state index contributed by atoms with van der Waals surface area (Å²) in [7, 11) is 0. The number of piperidine rings is 1. The van der Waals surface area contributed by atoms with Gasteiger partial charge in [0, 0.05) is 19.3 Å².